The van der Waals surface area contributed by atoms with E-state index in [1.165, 1.54) is 0 Å². The predicted octanol–water partition coefficient (Wildman–Crippen LogP) is 0.573. The molecule has 0 unspecified atom stereocenters. The first-order chi connectivity index (χ1) is 5.00. The van der Waals surface area contributed by atoms with Crippen molar-refractivity contribution in [1.29, 1.82) is 0 Å². The van der Waals surface area contributed by atoms with E-state index in [2.05, 4.69) is 5.32 Å². The maximum atomic E-state index is 12.3. The number of amides is 1. The quantitative estimate of drug-likeness (QED) is 0.615. The summed E-state index contributed by atoms with van der Waals surface area (Å²) in [5.74, 6) is -0.423. The van der Waals surface area contributed by atoms with Crippen LogP contribution in [0.4, 0.5) is 4.48 Å². The van der Waals surface area contributed by atoms with Crippen LogP contribution in [-0.4, -0.2) is 31.2 Å². The first kappa shape index (κ1) is 10.4. The van der Waals surface area contributed by atoms with Crippen molar-refractivity contribution in [3.05, 3.63) is 0 Å². The van der Waals surface area contributed by atoms with Gasteiger partial charge >= 0.3 is 0 Å². The van der Waals surface area contributed by atoms with Crippen LogP contribution >= 0.6 is 0 Å². The number of nitrogens with one attached hydrogen (secondary N) is 1. The summed E-state index contributed by atoms with van der Waals surface area (Å²) >= 11 is 0. The lowest BCUT2D eigenvalue weighted by Gasteiger charge is -2.19. The molecule has 0 aliphatic heterocycles. The molecule has 4 heteroatoms. The minimum absolute atomic E-state index is 0.102. The molecule has 66 valence electrons. The number of halogens is 1. The highest BCUT2D eigenvalue weighted by Gasteiger charge is 2.23. The van der Waals surface area contributed by atoms with Gasteiger partial charge < -0.3 is 5.32 Å². The number of hydrogen-bond donors (Lipinski definition) is 1. The van der Waals surface area contributed by atoms with Crippen molar-refractivity contribution in [3.8, 4) is 0 Å². The summed E-state index contributed by atoms with van der Waals surface area (Å²) in [5, 5.41) is 2.86. The van der Waals surface area contributed by atoms with E-state index in [0.717, 1.165) is 7.05 Å². The highest BCUT2D eigenvalue weighted by molar-refractivity contribution is 5.80. The van der Waals surface area contributed by atoms with E-state index in [0.29, 0.717) is 0 Å². The largest absolute Gasteiger partial charge is 0.309 e. The maximum absolute atomic E-state index is 12.3. The van der Waals surface area contributed by atoms with Gasteiger partial charge in [-0.05, 0) is 13.0 Å². The zero-order chi connectivity index (χ0) is 9.02. The highest BCUT2D eigenvalue weighted by atomic mass is 19.2. The molecule has 0 spiro atoms. The van der Waals surface area contributed by atoms with Crippen molar-refractivity contribution in [2.75, 3.05) is 14.1 Å². The van der Waals surface area contributed by atoms with Gasteiger partial charge in [0.1, 0.15) is 0 Å². The third-order valence-electron chi connectivity index (χ3n) is 1.55. The molecule has 0 radical (unpaired) electrons. The number of hydrogen-bond acceptors (Lipinski definition) is 2. The average molecular weight is 162 g/mol. The lowest BCUT2D eigenvalue weighted by atomic mass is 10.0. The summed E-state index contributed by atoms with van der Waals surface area (Å²) in [4.78, 5) is 11.0. The molecule has 1 amide bonds. The molecule has 0 aliphatic rings. The Bertz CT molecular complexity index is 136. The van der Waals surface area contributed by atoms with E-state index in [4.69, 9.17) is 0 Å². The van der Waals surface area contributed by atoms with Crippen LogP contribution in [0, 0.1) is 5.92 Å². The van der Waals surface area contributed by atoms with Gasteiger partial charge in [0.25, 0.3) is 5.91 Å². The SMILES string of the molecule is CN[C@H](C(=O)N(C)F)C(C)C. The molecule has 0 saturated heterocycles. The lowest BCUT2D eigenvalue weighted by Crippen LogP contribution is -2.43. The summed E-state index contributed by atoms with van der Waals surface area (Å²) in [5.41, 5.74) is 0. The summed E-state index contributed by atoms with van der Waals surface area (Å²) in [6.45, 7) is 3.73. The number of carbonyl (C=O) groups excluding carboxylic acids is 1. The topological polar surface area (TPSA) is 32.3 Å². The number of likely N-dealkylation sites (N-methyl/N-ethyl adjacent to an activating group) is 2. The van der Waals surface area contributed by atoms with Crippen LogP contribution in [0.2, 0.25) is 0 Å². The van der Waals surface area contributed by atoms with Gasteiger partial charge in [0.15, 0.2) is 0 Å². The van der Waals surface area contributed by atoms with Crippen molar-refractivity contribution in [2.45, 2.75) is 19.9 Å². The van der Waals surface area contributed by atoms with Crippen LogP contribution in [0.3, 0.4) is 0 Å². The van der Waals surface area contributed by atoms with Crippen LogP contribution in [0.1, 0.15) is 13.8 Å². The number of carbonyl (C=O) groups is 1. The molecule has 1 N–H and O–H groups in total. The Kier molecular flexibility index (Phi) is 4.03. The van der Waals surface area contributed by atoms with Gasteiger partial charge in [0.05, 0.1) is 6.04 Å². The first-order valence-electron chi connectivity index (χ1n) is 3.61. The molecule has 0 rings (SSSR count). The summed E-state index contributed by atoms with van der Waals surface area (Å²) < 4.78 is 12.3. The fraction of sp³-hybridized carbons (Fsp3) is 0.857. The Morgan fingerprint density at radius 3 is 2.09 bits per heavy atom. The van der Waals surface area contributed by atoms with E-state index in [-0.39, 0.29) is 11.0 Å². The second kappa shape index (κ2) is 4.28. The molecule has 0 aromatic rings. The standard InChI is InChI=1S/C7H15FN2O/c1-5(2)6(9-3)7(11)10(4)8/h5-6,9H,1-4H3/t6-/m0/s1. The van der Waals surface area contributed by atoms with Gasteiger partial charge in [-0.1, -0.05) is 18.3 Å². The Labute approximate surface area is 66.5 Å². The van der Waals surface area contributed by atoms with Crippen LogP contribution in [0.5, 0.6) is 0 Å². The van der Waals surface area contributed by atoms with Crippen molar-refractivity contribution in [3.63, 3.8) is 0 Å². The minimum atomic E-state index is -0.525. The van der Waals surface area contributed by atoms with Crippen molar-refractivity contribution in [2.24, 2.45) is 5.92 Å². The van der Waals surface area contributed by atoms with Crippen molar-refractivity contribution < 1.29 is 9.28 Å². The monoisotopic (exact) mass is 162 g/mol. The predicted molar refractivity (Wildman–Crippen MR) is 41.6 cm³/mol. The minimum Gasteiger partial charge on any atom is -0.309 e. The van der Waals surface area contributed by atoms with Crippen LogP contribution in [-0.2, 0) is 4.79 Å². The number of rotatable bonds is 3. The molecular formula is C7H15FN2O. The first-order valence-corrected chi connectivity index (χ1v) is 3.61. The summed E-state index contributed by atoms with van der Waals surface area (Å²) in [7, 11) is 2.75. The van der Waals surface area contributed by atoms with Gasteiger partial charge in [0, 0.05) is 7.05 Å². The van der Waals surface area contributed by atoms with E-state index < -0.39 is 11.9 Å². The van der Waals surface area contributed by atoms with Crippen molar-refractivity contribution in [1.82, 2.24) is 10.4 Å². The van der Waals surface area contributed by atoms with Gasteiger partial charge in [-0.25, -0.2) is 0 Å². The molecule has 11 heavy (non-hydrogen) atoms. The fourth-order valence-electron chi connectivity index (χ4n) is 0.934. The Morgan fingerprint density at radius 2 is 2.00 bits per heavy atom. The van der Waals surface area contributed by atoms with E-state index in [1.54, 1.807) is 7.05 Å². The number of nitrogens with zero attached hydrogens (tertiary/aromatic N) is 1. The molecule has 0 aliphatic carbocycles. The molecule has 0 bridgehead atoms. The van der Waals surface area contributed by atoms with Gasteiger partial charge in [-0.2, -0.15) is 5.12 Å². The molecule has 0 aromatic carbocycles. The summed E-state index contributed by atoms with van der Waals surface area (Å²) in [6.07, 6.45) is 0. The molecule has 0 saturated carbocycles. The normalized spacial score (nSPS) is 13.3. The maximum Gasteiger partial charge on any atom is 0.267 e. The zero-order valence-corrected chi connectivity index (χ0v) is 7.39. The Balaban J connectivity index is 4.15. The Hall–Kier alpha value is -0.640. The molecular weight excluding hydrogens is 147 g/mol. The van der Waals surface area contributed by atoms with E-state index in [1.807, 2.05) is 13.8 Å². The third-order valence-corrected chi connectivity index (χ3v) is 1.55. The molecule has 0 fully saturated rings. The molecule has 0 aromatic heterocycles. The smallest absolute Gasteiger partial charge is 0.267 e. The fourth-order valence-corrected chi connectivity index (χ4v) is 0.934. The van der Waals surface area contributed by atoms with Gasteiger partial charge in [-0.15, -0.1) is 0 Å². The average Bonchev–Trinajstić information content (AvgIpc) is 1.88. The second-order valence-corrected chi connectivity index (χ2v) is 2.83. The zero-order valence-electron chi connectivity index (χ0n) is 7.39. The highest BCUT2D eigenvalue weighted by Crippen LogP contribution is 2.04. The van der Waals surface area contributed by atoms with E-state index in [9.17, 15) is 9.28 Å². The lowest BCUT2D eigenvalue weighted by molar-refractivity contribution is -0.146. The van der Waals surface area contributed by atoms with Crippen LogP contribution in [0.15, 0.2) is 0 Å². The third kappa shape index (κ3) is 2.84. The molecule has 1 atom stereocenters. The van der Waals surface area contributed by atoms with Crippen molar-refractivity contribution >= 4 is 5.91 Å². The van der Waals surface area contributed by atoms with Gasteiger partial charge in [0.2, 0.25) is 0 Å². The van der Waals surface area contributed by atoms with E-state index >= 15 is 0 Å². The summed E-state index contributed by atoms with van der Waals surface area (Å²) in [6, 6.07) is -0.426. The van der Waals surface area contributed by atoms with Crippen LogP contribution in [0.25, 0.3) is 0 Å². The van der Waals surface area contributed by atoms with Gasteiger partial charge in [-0.3, -0.25) is 4.79 Å². The molecule has 0 heterocycles. The second-order valence-electron chi connectivity index (χ2n) is 2.83. The molecule has 3 nitrogen and oxygen atoms in total. The van der Waals surface area contributed by atoms with Crippen LogP contribution < -0.4 is 5.32 Å². The Morgan fingerprint density at radius 1 is 1.55 bits per heavy atom.